The Bertz CT molecular complexity index is 358. The first kappa shape index (κ1) is 14.4. The van der Waals surface area contributed by atoms with E-state index in [9.17, 15) is 0 Å². The zero-order valence-corrected chi connectivity index (χ0v) is 12.5. The van der Waals surface area contributed by atoms with Gasteiger partial charge in [0.05, 0.1) is 0 Å². The molecule has 2 heteroatoms. The zero-order chi connectivity index (χ0) is 12.5. The lowest BCUT2D eigenvalue weighted by molar-refractivity contribution is 1.14. The summed E-state index contributed by atoms with van der Waals surface area (Å²) < 4.78 is 0. The van der Waals surface area contributed by atoms with Crippen molar-refractivity contribution in [2.45, 2.75) is 12.6 Å². The van der Waals surface area contributed by atoms with Crippen LogP contribution >= 0.6 is 18.5 Å². The summed E-state index contributed by atoms with van der Waals surface area (Å²) in [4.78, 5) is 0. The summed E-state index contributed by atoms with van der Waals surface area (Å²) in [5.74, 6) is 0. The van der Waals surface area contributed by atoms with E-state index in [1.807, 2.05) is 12.1 Å². The van der Waals surface area contributed by atoms with E-state index in [1.165, 1.54) is 17.3 Å². The van der Waals surface area contributed by atoms with Crippen molar-refractivity contribution in [3.63, 3.8) is 0 Å². The number of benzene rings is 2. The standard InChI is InChI=1S/C12H10.C3H10P2/c1-3-7-11(8-4-1)12-9-5-2-6-10-12;1-3(5)2-4/h1-10H;3H,2,4-5H2,1H3. The zero-order valence-electron chi connectivity index (χ0n) is 10.2. The van der Waals surface area contributed by atoms with Gasteiger partial charge in [-0.2, -0.15) is 0 Å². The monoisotopic (exact) mass is 262 g/mol. The Hall–Kier alpha value is -0.700. The number of rotatable bonds is 2. The second kappa shape index (κ2) is 8.40. The lowest BCUT2D eigenvalue weighted by Gasteiger charge is -1.98. The van der Waals surface area contributed by atoms with Gasteiger partial charge in [-0.15, -0.1) is 18.5 Å². The molecule has 0 nitrogen and oxygen atoms in total. The fourth-order valence-corrected chi connectivity index (χ4v) is 1.26. The summed E-state index contributed by atoms with van der Waals surface area (Å²) in [6.45, 7) is 2.16. The van der Waals surface area contributed by atoms with Gasteiger partial charge < -0.3 is 0 Å². The van der Waals surface area contributed by atoms with Gasteiger partial charge in [0.25, 0.3) is 0 Å². The van der Waals surface area contributed by atoms with Gasteiger partial charge in [0, 0.05) is 0 Å². The van der Waals surface area contributed by atoms with Crippen molar-refractivity contribution in [3.05, 3.63) is 60.7 Å². The Morgan fingerprint density at radius 3 is 1.35 bits per heavy atom. The maximum Gasteiger partial charge on any atom is -0.0184 e. The fourth-order valence-electron chi connectivity index (χ4n) is 1.26. The van der Waals surface area contributed by atoms with E-state index in [0.29, 0.717) is 0 Å². The molecular formula is C15H20P2. The molecule has 0 aliphatic rings. The van der Waals surface area contributed by atoms with Crippen LogP contribution in [0.5, 0.6) is 0 Å². The molecule has 3 atom stereocenters. The summed E-state index contributed by atoms with van der Waals surface area (Å²) in [7, 11) is 5.39. The van der Waals surface area contributed by atoms with Crippen LogP contribution in [0.4, 0.5) is 0 Å². The van der Waals surface area contributed by atoms with E-state index in [2.05, 4.69) is 73.9 Å². The van der Waals surface area contributed by atoms with Gasteiger partial charge >= 0.3 is 0 Å². The van der Waals surface area contributed by atoms with Crippen molar-refractivity contribution >= 4 is 18.5 Å². The minimum absolute atomic E-state index is 0.764. The van der Waals surface area contributed by atoms with E-state index in [-0.39, 0.29) is 0 Å². The molecule has 0 N–H and O–H groups in total. The van der Waals surface area contributed by atoms with Crippen molar-refractivity contribution in [1.82, 2.24) is 0 Å². The molecule has 0 heterocycles. The highest BCUT2D eigenvalue weighted by Crippen LogP contribution is 2.17. The highest BCUT2D eigenvalue weighted by atomic mass is 31.0. The van der Waals surface area contributed by atoms with Crippen molar-refractivity contribution in [2.24, 2.45) is 0 Å². The Morgan fingerprint density at radius 2 is 1.12 bits per heavy atom. The highest BCUT2D eigenvalue weighted by molar-refractivity contribution is 7.22. The molecule has 0 spiro atoms. The van der Waals surface area contributed by atoms with Crippen molar-refractivity contribution in [3.8, 4) is 11.1 Å². The smallest absolute Gasteiger partial charge is 0.0184 e. The maximum absolute atomic E-state index is 2.71. The van der Waals surface area contributed by atoms with Crippen LogP contribution < -0.4 is 0 Å². The maximum atomic E-state index is 2.71. The van der Waals surface area contributed by atoms with Gasteiger partial charge in [0.15, 0.2) is 0 Å². The first-order valence-corrected chi connectivity index (χ1v) is 7.28. The largest absolute Gasteiger partial charge is 0.137 e. The molecule has 3 unspecified atom stereocenters. The van der Waals surface area contributed by atoms with E-state index in [4.69, 9.17) is 0 Å². The van der Waals surface area contributed by atoms with E-state index in [0.717, 1.165) is 5.66 Å². The van der Waals surface area contributed by atoms with Crippen molar-refractivity contribution < 1.29 is 0 Å². The van der Waals surface area contributed by atoms with Crippen LogP contribution in [-0.4, -0.2) is 11.8 Å². The van der Waals surface area contributed by atoms with Gasteiger partial charge in [0.1, 0.15) is 0 Å². The van der Waals surface area contributed by atoms with Crippen LogP contribution in [0.1, 0.15) is 6.92 Å². The lowest BCUT2D eigenvalue weighted by Crippen LogP contribution is -1.85. The van der Waals surface area contributed by atoms with E-state index in [1.54, 1.807) is 0 Å². The molecule has 90 valence electrons. The molecular weight excluding hydrogens is 242 g/mol. The predicted molar refractivity (Wildman–Crippen MR) is 85.6 cm³/mol. The van der Waals surface area contributed by atoms with Crippen LogP contribution in [0, 0.1) is 0 Å². The topological polar surface area (TPSA) is 0 Å². The van der Waals surface area contributed by atoms with Gasteiger partial charge in [-0.3, -0.25) is 0 Å². The van der Waals surface area contributed by atoms with E-state index >= 15 is 0 Å². The number of hydrogen-bond acceptors (Lipinski definition) is 0. The van der Waals surface area contributed by atoms with Crippen LogP contribution in [-0.2, 0) is 0 Å². The molecule has 0 saturated carbocycles. The molecule has 0 aliphatic carbocycles. The molecule has 2 rings (SSSR count). The van der Waals surface area contributed by atoms with Crippen LogP contribution in [0.15, 0.2) is 60.7 Å². The minimum atomic E-state index is 0.764. The second-order valence-electron chi connectivity index (χ2n) is 3.95. The quantitative estimate of drug-likeness (QED) is 0.700. The van der Waals surface area contributed by atoms with Gasteiger partial charge in [-0.1, -0.05) is 67.6 Å². The Morgan fingerprint density at radius 1 is 0.824 bits per heavy atom. The van der Waals surface area contributed by atoms with Crippen molar-refractivity contribution in [2.75, 3.05) is 6.16 Å². The Balaban J connectivity index is 0.000000249. The summed E-state index contributed by atoms with van der Waals surface area (Å²) in [5.41, 5.74) is 3.32. The molecule has 0 saturated heterocycles. The van der Waals surface area contributed by atoms with Crippen LogP contribution in [0.3, 0.4) is 0 Å². The van der Waals surface area contributed by atoms with Gasteiger partial charge in [-0.25, -0.2) is 0 Å². The molecule has 17 heavy (non-hydrogen) atoms. The number of hydrogen-bond donors (Lipinski definition) is 0. The molecule has 0 bridgehead atoms. The SMILES string of the molecule is CC(P)CP.c1ccc(-c2ccccc2)cc1. The Labute approximate surface area is 109 Å². The molecule has 0 amide bonds. The summed E-state index contributed by atoms with van der Waals surface area (Å²) in [6.07, 6.45) is 1.19. The summed E-state index contributed by atoms with van der Waals surface area (Å²) in [6, 6.07) is 20.8. The molecule has 0 aromatic heterocycles. The minimum Gasteiger partial charge on any atom is -0.137 e. The Kier molecular flexibility index (Phi) is 7.10. The molecule has 0 aliphatic heterocycles. The third-order valence-electron chi connectivity index (χ3n) is 2.25. The fraction of sp³-hybridized carbons (Fsp3) is 0.200. The van der Waals surface area contributed by atoms with Crippen molar-refractivity contribution in [1.29, 1.82) is 0 Å². The summed E-state index contributed by atoms with van der Waals surface area (Å²) >= 11 is 0. The normalized spacial score (nSPS) is 11.2. The first-order valence-electron chi connectivity index (χ1n) is 5.80. The molecule has 0 fully saturated rings. The van der Waals surface area contributed by atoms with Gasteiger partial charge in [0.2, 0.25) is 0 Å². The average molecular weight is 262 g/mol. The third kappa shape index (κ3) is 5.97. The molecule has 2 aromatic rings. The van der Waals surface area contributed by atoms with Crippen LogP contribution in [0.25, 0.3) is 11.1 Å². The predicted octanol–water partition coefficient (Wildman–Crippen LogP) is 4.48. The van der Waals surface area contributed by atoms with Gasteiger partial charge in [-0.05, 0) is 22.9 Å². The molecule has 2 aromatic carbocycles. The third-order valence-corrected chi connectivity index (χ3v) is 3.81. The van der Waals surface area contributed by atoms with E-state index < -0.39 is 0 Å². The average Bonchev–Trinajstić information content (AvgIpc) is 2.41. The first-order chi connectivity index (χ1) is 8.24. The summed E-state index contributed by atoms with van der Waals surface area (Å²) in [5, 5.41) is 0. The highest BCUT2D eigenvalue weighted by Gasteiger charge is 1.91. The second-order valence-corrected chi connectivity index (χ2v) is 5.55. The van der Waals surface area contributed by atoms with Crippen LogP contribution in [0.2, 0.25) is 0 Å². The lowest BCUT2D eigenvalue weighted by atomic mass is 10.1. The molecule has 0 radical (unpaired) electrons.